The molecule has 1 aliphatic rings. The lowest BCUT2D eigenvalue weighted by atomic mass is 10.1. The fraction of sp³-hybridized carbons (Fsp3) is 0.583. The van der Waals surface area contributed by atoms with Gasteiger partial charge in [0.25, 0.3) is 0 Å². The maximum absolute atomic E-state index is 12.6. The van der Waals surface area contributed by atoms with Gasteiger partial charge in [-0.2, -0.15) is 4.31 Å². The molecule has 0 spiro atoms. The van der Waals surface area contributed by atoms with Gasteiger partial charge in [0.1, 0.15) is 10.7 Å². The lowest BCUT2D eigenvalue weighted by Gasteiger charge is -2.38. The van der Waals surface area contributed by atoms with E-state index in [-0.39, 0.29) is 16.8 Å². The highest BCUT2D eigenvalue weighted by Gasteiger charge is 2.33. The van der Waals surface area contributed by atoms with Crippen LogP contribution in [0.1, 0.15) is 13.3 Å². The lowest BCUT2D eigenvalue weighted by Crippen LogP contribution is -2.52. The molecule has 6 nitrogen and oxygen atoms in total. The van der Waals surface area contributed by atoms with E-state index < -0.39 is 10.0 Å². The minimum absolute atomic E-state index is 0.0643. The van der Waals surface area contributed by atoms with Crippen molar-refractivity contribution < 1.29 is 8.42 Å². The first-order valence-corrected chi connectivity index (χ1v) is 7.81. The van der Waals surface area contributed by atoms with Crippen LogP contribution in [-0.2, 0) is 10.0 Å². The summed E-state index contributed by atoms with van der Waals surface area (Å²) >= 11 is 0. The number of sulfonamides is 1. The van der Waals surface area contributed by atoms with Gasteiger partial charge in [0.15, 0.2) is 0 Å². The SMILES string of the molecule is CCC1CN(S(=O)(=O)c2cccnc2N)CCN1C. The third kappa shape index (κ3) is 2.72. The number of piperazine rings is 1. The van der Waals surface area contributed by atoms with Crippen molar-refractivity contribution in [2.24, 2.45) is 0 Å². The molecule has 1 aromatic rings. The molecule has 0 saturated carbocycles. The Labute approximate surface area is 114 Å². The van der Waals surface area contributed by atoms with Crippen LogP contribution in [0.15, 0.2) is 23.2 Å². The van der Waals surface area contributed by atoms with Gasteiger partial charge in [0.05, 0.1) is 0 Å². The molecule has 7 heteroatoms. The van der Waals surface area contributed by atoms with Gasteiger partial charge in [0, 0.05) is 31.9 Å². The number of hydrogen-bond donors (Lipinski definition) is 1. The van der Waals surface area contributed by atoms with Crippen molar-refractivity contribution in [3.05, 3.63) is 18.3 Å². The first-order valence-electron chi connectivity index (χ1n) is 6.37. The van der Waals surface area contributed by atoms with E-state index in [1.807, 2.05) is 7.05 Å². The van der Waals surface area contributed by atoms with Crippen LogP contribution in [0.4, 0.5) is 5.82 Å². The Morgan fingerprint density at radius 1 is 1.47 bits per heavy atom. The molecule has 1 fully saturated rings. The summed E-state index contributed by atoms with van der Waals surface area (Å²) in [6, 6.07) is 3.36. The van der Waals surface area contributed by atoms with Crippen LogP contribution in [0, 0.1) is 0 Å². The summed E-state index contributed by atoms with van der Waals surface area (Å²) in [4.78, 5) is 6.15. The number of likely N-dealkylation sites (N-methyl/N-ethyl adjacent to an activating group) is 1. The molecule has 0 aromatic carbocycles. The summed E-state index contributed by atoms with van der Waals surface area (Å²) < 4.78 is 26.6. The molecule has 1 saturated heterocycles. The number of nitrogens with zero attached hydrogens (tertiary/aromatic N) is 3. The molecule has 2 rings (SSSR count). The van der Waals surface area contributed by atoms with Crippen LogP contribution in [0.2, 0.25) is 0 Å². The second-order valence-corrected chi connectivity index (χ2v) is 6.70. The van der Waals surface area contributed by atoms with Crippen molar-refractivity contribution in [2.45, 2.75) is 24.3 Å². The van der Waals surface area contributed by atoms with E-state index in [0.29, 0.717) is 13.1 Å². The summed E-state index contributed by atoms with van der Waals surface area (Å²) in [5.74, 6) is 0.0643. The van der Waals surface area contributed by atoms with E-state index in [2.05, 4.69) is 16.8 Å². The van der Waals surface area contributed by atoms with E-state index in [0.717, 1.165) is 13.0 Å². The average molecular weight is 284 g/mol. The number of rotatable bonds is 3. The summed E-state index contributed by atoms with van der Waals surface area (Å²) in [7, 11) is -1.52. The van der Waals surface area contributed by atoms with Crippen LogP contribution in [0.25, 0.3) is 0 Å². The predicted molar refractivity (Wildman–Crippen MR) is 74.1 cm³/mol. The molecule has 0 radical (unpaired) electrons. The van der Waals surface area contributed by atoms with Crippen molar-refractivity contribution in [1.82, 2.24) is 14.2 Å². The minimum Gasteiger partial charge on any atom is -0.383 e. The largest absolute Gasteiger partial charge is 0.383 e. The van der Waals surface area contributed by atoms with Crippen LogP contribution >= 0.6 is 0 Å². The number of pyridine rings is 1. The Morgan fingerprint density at radius 2 is 2.21 bits per heavy atom. The molecule has 1 aromatic heterocycles. The van der Waals surface area contributed by atoms with E-state index in [4.69, 9.17) is 5.73 Å². The Bertz CT molecular complexity index is 546. The average Bonchev–Trinajstić information content (AvgIpc) is 2.39. The molecule has 0 aliphatic carbocycles. The number of aromatic nitrogens is 1. The summed E-state index contributed by atoms with van der Waals surface area (Å²) in [6.07, 6.45) is 2.41. The second kappa shape index (κ2) is 5.44. The van der Waals surface area contributed by atoms with Crippen LogP contribution in [0.5, 0.6) is 0 Å². The summed E-state index contributed by atoms with van der Waals surface area (Å²) in [5, 5.41) is 0. The van der Waals surface area contributed by atoms with E-state index >= 15 is 0 Å². The van der Waals surface area contributed by atoms with E-state index in [9.17, 15) is 8.42 Å². The highest BCUT2D eigenvalue weighted by Crippen LogP contribution is 2.23. The van der Waals surface area contributed by atoms with Gasteiger partial charge in [-0.1, -0.05) is 6.92 Å². The Hall–Kier alpha value is -1.18. The molecule has 106 valence electrons. The fourth-order valence-electron chi connectivity index (χ4n) is 2.34. The van der Waals surface area contributed by atoms with E-state index in [1.165, 1.54) is 16.6 Å². The first-order chi connectivity index (χ1) is 8.96. The predicted octanol–water partition coefficient (Wildman–Crippen LogP) is 0.379. The molecule has 1 aliphatic heterocycles. The number of anilines is 1. The van der Waals surface area contributed by atoms with Crippen LogP contribution < -0.4 is 5.73 Å². The third-order valence-electron chi connectivity index (χ3n) is 3.63. The molecule has 19 heavy (non-hydrogen) atoms. The zero-order valence-electron chi connectivity index (χ0n) is 11.3. The van der Waals surface area contributed by atoms with Gasteiger partial charge < -0.3 is 10.6 Å². The lowest BCUT2D eigenvalue weighted by molar-refractivity contribution is 0.144. The number of hydrogen-bond acceptors (Lipinski definition) is 5. The minimum atomic E-state index is -3.54. The van der Waals surface area contributed by atoms with Gasteiger partial charge in [-0.05, 0) is 25.6 Å². The van der Waals surface area contributed by atoms with Crippen LogP contribution in [0.3, 0.4) is 0 Å². The first kappa shape index (κ1) is 14.2. The molecule has 0 bridgehead atoms. The molecule has 2 N–H and O–H groups in total. The molecule has 1 unspecified atom stereocenters. The van der Waals surface area contributed by atoms with Gasteiger partial charge in [-0.15, -0.1) is 0 Å². The summed E-state index contributed by atoms with van der Waals surface area (Å²) in [6.45, 7) is 3.79. The molecule has 1 atom stereocenters. The number of nitrogen functional groups attached to an aromatic ring is 1. The van der Waals surface area contributed by atoms with Crippen molar-refractivity contribution in [3.63, 3.8) is 0 Å². The third-order valence-corrected chi connectivity index (χ3v) is 5.54. The Balaban J connectivity index is 2.28. The second-order valence-electron chi connectivity index (χ2n) is 4.79. The zero-order chi connectivity index (χ0) is 14.0. The highest BCUT2D eigenvalue weighted by atomic mass is 32.2. The van der Waals surface area contributed by atoms with Crippen molar-refractivity contribution in [2.75, 3.05) is 32.4 Å². The zero-order valence-corrected chi connectivity index (χ0v) is 12.1. The highest BCUT2D eigenvalue weighted by molar-refractivity contribution is 7.89. The van der Waals surface area contributed by atoms with Gasteiger partial charge >= 0.3 is 0 Å². The quantitative estimate of drug-likeness (QED) is 0.868. The maximum Gasteiger partial charge on any atom is 0.246 e. The van der Waals surface area contributed by atoms with Gasteiger partial charge in [-0.25, -0.2) is 13.4 Å². The van der Waals surface area contributed by atoms with Crippen molar-refractivity contribution in [3.8, 4) is 0 Å². The molecular formula is C12H20N4O2S. The Kier molecular flexibility index (Phi) is 4.07. The Morgan fingerprint density at radius 3 is 2.84 bits per heavy atom. The standard InChI is InChI=1S/C12H20N4O2S/c1-3-10-9-16(8-7-15(10)2)19(17,18)11-5-4-6-14-12(11)13/h4-6,10H,3,7-9H2,1-2H3,(H2,13,14). The number of nitrogens with two attached hydrogens (primary N) is 1. The maximum atomic E-state index is 12.6. The summed E-state index contributed by atoms with van der Waals surface area (Å²) in [5.41, 5.74) is 5.68. The smallest absolute Gasteiger partial charge is 0.246 e. The molecular weight excluding hydrogens is 264 g/mol. The van der Waals surface area contributed by atoms with Gasteiger partial charge in [0.2, 0.25) is 10.0 Å². The fourth-order valence-corrected chi connectivity index (χ4v) is 3.87. The van der Waals surface area contributed by atoms with E-state index in [1.54, 1.807) is 6.07 Å². The van der Waals surface area contributed by atoms with Gasteiger partial charge in [-0.3, -0.25) is 0 Å². The van der Waals surface area contributed by atoms with Crippen LogP contribution in [-0.4, -0.2) is 55.3 Å². The topological polar surface area (TPSA) is 79.5 Å². The molecule has 0 amide bonds. The van der Waals surface area contributed by atoms with Crippen molar-refractivity contribution >= 4 is 15.8 Å². The normalized spacial score (nSPS) is 22.5. The molecule has 2 heterocycles. The van der Waals surface area contributed by atoms with Crippen molar-refractivity contribution in [1.29, 1.82) is 0 Å². The monoisotopic (exact) mass is 284 g/mol.